The van der Waals surface area contributed by atoms with Crippen LogP contribution < -0.4 is 10.1 Å². The van der Waals surface area contributed by atoms with Gasteiger partial charge < -0.3 is 20.3 Å². The third kappa shape index (κ3) is 2.53. The molecule has 0 aliphatic carbocycles. The van der Waals surface area contributed by atoms with E-state index >= 15 is 0 Å². The first-order valence-corrected chi connectivity index (χ1v) is 4.87. The number of benzene rings is 1. The van der Waals surface area contributed by atoms with Gasteiger partial charge in [-0.2, -0.15) is 0 Å². The molecule has 0 radical (unpaired) electrons. The SMILES string of the molecule is CNCC(O)c1c(O)ccc(OC)c1Cl. The number of rotatable bonds is 4. The molecule has 1 aromatic rings. The number of halogens is 1. The van der Waals surface area contributed by atoms with Gasteiger partial charge >= 0.3 is 0 Å². The van der Waals surface area contributed by atoms with Crippen molar-refractivity contribution in [1.82, 2.24) is 5.32 Å². The van der Waals surface area contributed by atoms with Crippen molar-refractivity contribution < 1.29 is 14.9 Å². The van der Waals surface area contributed by atoms with E-state index in [-0.39, 0.29) is 16.3 Å². The van der Waals surface area contributed by atoms with E-state index in [0.29, 0.717) is 12.3 Å². The predicted molar refractivity (Wildman–Crippen MR) is 58.6 cm³/mol. The number of aromatic hydroxyl groups is 1. The summed E-state index contributed by atoms with van der Waals surface area (Å²) < 4.78 is 4.99. The highest BCUT2D eigenvalue weighted by Crippen LogP contribution is 2.37. The van der Waals surface area contributed by atoms with Crippen molar-refractivity contribution in [2.75, 3.05) is 20.7 Å². The van der Waals surface area contributed by atoms with E-state index in [9.17, 15) is 10.2 Å². The first kappa shape index (κ1) is 12.1. The van der Waals surface area contributed by atoms with Gasteiger partial charge in [0.25, 0.3) is 0 Å². The molecule has 1 rings (SSSR count). The average molecular weight is 232 g/mol. The number of nitrogens with one attached hydrogen (secondary N) is 1. The first-order valence-electron chi connectivity index (χ1n) is 4.49. The normalized spacial score (nSPS) is 12.5. The van der Waals surface area contributed by atoms with Crippen LogP contribution in [-0.4, -0.2) is 30.9 Å². The first-order chi connectivity index (χ1) is 7.11. The van der Waals surface area contributed by atoms with Crippen molar-refractivity contribution >= 4 is 11.6 Å². The average Bonchev–Trinajstić information content (AvgIpc) is 2.18. The Balaban J connectivity index is 3.14. The fourth-order valence-corrected chi connectivity index (χ4v) is 1.70. The quantitative estimate of drug-likeness (QED) is 0.731. The summed E-state index contributed by atoms with van der Waals surface area (Å²) in [6, 6.07) is 2.99. The van der Waals surface area contributed by atoms with Gasteiger partial charge in [0.2, 0.25) is 0 Å². The molecular formula is C10H14ClNO3. The minimum Gasteiger partial charge on any atom is -0.508 e. The van der Waals surface area contributed by atoms with Crippen LogP contribution in [0.5, 0.6) is 11.5 Å². The lowest BCUT2D eigenvalue weighted by molar-refractivity contribution is 0.173. The molecule has 0 aromatic heterocycles. The lowest BCUT2D eigenvalue weighted by atomic mass is 10.1. The van der Waals surface area contributed by atoms with E-state index in [2.05, 4.69) is 5.32 Å². The van der Waals surface area contributed by atoms with E-state index in [4.69, 9.17) is 16.3 Å². The predicted octanol–water partition coefficient (Wildman–Crippen LogP) is 1.31. The number of methoxy groups -OCH3 is 1. The Morgan fingerprint density at radius 3 is 2.73 bits per heavy atom. The highest BCUT2D eigenvalue weighted by Gasteiger charge is 2.18. The third-order valence-corrected chi connectivity index (χ3v) is 2.46. The molecule has 15 heavy (non-hydrogen) atoms. The second kappa shape index (κ2) is 5.21. The molecule has 1 aromatic carbocycles. The van der Waals surface area contributed by atoms with Gasteiger partial charge in [0, 0.05) is 12.1 Å². The second-order valence-corrected chi connectivity index (χ2v) is 3.47. The van der Waals surface area contributed by atoms with Gasteiger partial charge in [-0.15, -0.1) is 0 Å². The Hall–Kier alpha value is -0.970. The molecule has 1 unspecified atom stereocenters. The van der Waals surface area contributed by atoms with Crippen molar-refractivity contribution in [2.24, 2.45) is 0 Å². The number of phenols is 1. The fourth-order valence-electron chi connectivity index (χ4n) is 1.33. The van der Waals surface area contributed by atoms with Gasteiger partial charge in [0.15, 0.2) is 0 Å². The van der Waals surface area contributed by atoms with Crippen molar-refractivity contribution in [2.45, 2.75) is 6.10 Å². The van der Waals surface area contributed by atoms with Gasteiger partial charge in [0.05, 0.1) is 18.2 Å². The maximum absolute atomic E-state index is 9.74. The molecule has 0 heterocycles. The zero-order chi connectivity index (χ0) is 11.4. The molecule has 0 spiro atoms. The summed E-state index contributed by atoms with van der Waals surface area (Å²) in [6.07, 6.45) is -0.863. The summed E-state index contributed by atoms with van der Waals surface area (Å²) in [7, 11) is 3.18. The van der Waals surface area contributed by atoms with Crippen molar-refractivity contribution in [3.8, 4) is 11.5 Å². The van der Waals surface area contributed by atoms with Gasteiger partial charge in [-0.1, -0.05) is 11.6 Å². The molecule has 3 N–H and O–H groups in total. The molecule has 0 saturated heterocycles. The molecular weight excluding hydrogens is 218 g/mol. The Morgan fingerprint density at radius 1 is 1.53 bits per heavy atom. The van der Waals surface area contributed by atoms with E-state index in [0.717, 1.165) is 0 Å². The van der Waals surface area contributed by atoms with Crippen LogP contribution in [0.3, 0.4) is 0 Å². The minimum absolute atomic E-state index is 0.0384. The molecule has 84 valence electrons. The Labute approximate surface area is 93.4 Å². The van der Waals surface area contributed by atoms with Crippen molar-refractivity contribution in [3.63, 3.8) is 0 Å². The van der Waals surface area contributed by atoms with Crippen LogP contribution in [0.15, 0.2) is 12.1 Å². The summed E-state index contributed by atoms with van der Waals surface area (Å²) in [5.41, 5.74) is 0.283. The van der Waals surface area contributed by atoms with Gasteiger partial charge in [-0.3, -0.25) is 0 Å². The number of likely N-dealkylation sites (N-methyl/N-ethyl adjacent to an activating group) is 1. The van der Waals surface area contributed by atoms with Crippen LogP contribution in [0.2, 0.25) is 5.02 Å². The lowest BCUT2D eigenvalue weighted by Gasteiger charge is -2.15. The number of ether oxygens (including phenoxy) is 1. The number of phenolic OH excluding ortho intramolecular Hbond substituents is 1. The highest BCUT2D eigenvalue weighted by molar-refractivity contribution is 6.33. The van der Waals surface area contributed by atoms with Gasteiger partial charge in [0.1, 0.15) is 11.5 Å². The molecule has 0 amide bonds. The number of aliphatic hydroxyl groups excluding tert-OH is 1. The molecule has 0 fully saturated rings. The summed E-state index contributed by atoms with van der Waals surface area (Å²) >= 11 is 5.97. The molecule has 0 saturated carbocycles. The molecule has 0 aliphatic rings. The standard InChI is InChI=1S/C10H14ClNO3/c1-12-5-7(14)9-6(13)3-4-8(15-2)10(9)11/h3-4,7,12-14H,5H2,1-2H3. The maximum Gasteiger partial charge on any atom is 0.138 e. The van der Waals surface area contributed by atoms with Gasteiger partial charge in [-0.25, -0.2) is 0 Å². The number of hydrogen-bond acceptors (Lipinski definition) is 4. The van der Waals surface area contributed by atoms with Crippen LogP contribution in [0.1, 0.15) is 11.7 Å². The fraction of sp³-hybridized carbons (Fsp3) is 0.400. The summed E-state index contributed by atoms with van der Waals surface area (Å²) in [4.78, 5) is 0. The highest BCUT2D eigenvalue weighted by atomic mass is 35.5. The Kier molecular flexibility index (Phi) is 4.20. The van der Waals surface area contributed by atoms with E-state index in [1.54, 1.807) is 13.1 Å². The summed E-state index contributed by atoms with van der Waals surface area (Å²) in [5.74, 6) is 0.392. The number of aliphatic hydroxyl groups is 1. The van der Waals surface area contributed by atoms with Crippen LogP contribution in [-0.2, 0) is 0 Å². The number of hydrogen-bond donors (Lipinski definition) is 3. The van der Waals surface area contributed by atoms with E-state index in [1.165, 1.54) is 13.2 Å². The second-order valence-electron chi connectivity index (χ2n) is 3.09. The van der Waals surface area contributed by atoms with Crippen molar-refractivity contribution in [3.05, 3.63) is 22.7 Å². The molecule has 1 atom stereocenters. The maximum atomic E-state index is 9.74. The van der Waals surface area contributed by atoms with Crippen molar-refractivity contribution in [1.29, 1.82) is 0 Å². The zero-order valence-corrected chi connectivity index (χ0v) is 9.38. The third-order valence-electron chi connectivity index (χ3n) is 2.07. The van der Waals surface area contributed by atoms with Crippen LogP contribution in [0.4, 0.5) is 0 Å². The van der Waals surface area contributed by atoms with E-state index in [1.807, 2.05) is 0 Å². The zero-order valence-electron chi connectivity index (χ0n) is 8.62. The monoisotopic (exact) mass is 231 g/mol. The Bertz CT molecular complexity index is 344. The topological polar surface area (TPSA) is 61.7 Å². The van der Waals surface area contributed by atoms with Crippen LogP contribution in [0.25, 0.3) is 0 Å². The van der Waals surface area contributed by atoms with E-state index < -0.39 is 6.10 Å². The lowest BCUT2D eigenvalue weighted by Crippen LogP contribution is -2.17. The molecule has 0 bridgehead atoms. The summed E-state index contributed by atoms with van der Waals surface area (Å²) in [6.45, 7) is 0.306. The van der Waals surface area contributed by atoms with Crippen LogP contribution >= 0.6 is 11.6 Å². The summed E-state index contributed by atoms with van der Waals surface area (Å²) in [5, 5.41) is 22.4. The Morgan fingerprint density at radius 2 is 2.20 bits per heavy atom. The van der Waals surface area contributed by atoms with Gasteiger partial charge in [-0.05, 0) is 19.2 Å². The minimum atomic E-state index is -0.863. The largest absolute Gasteiger partial charge is 0.508 e. The molecule has 4 nitrogen and oxygen atoms in total. The molecule has 0 aliphatic heterocycles. The molecule has 5 heteroatoms. The van der Waals surface area contributed by atoms with Crippen LogP contribution in [0, 0.1) is 0 Å². The smallest absolute Gasteiger partial charge is 0.138 e.